The van der Waals surface area contributed by atoms with Crippen molar-refractivity contribution in [1.29, 1.82) is 0 Å². The van der Waals surface area contributed by atoms with Gasteiger partial charge in [0.05, 0.1) is 5.56 Å². The monoisotopic (exact) mass is 288 g/mol. The van der Waals surface area contributed by atoms with Gasteiger partial charge in [-0.2, -0.15) is 0 Å². The minimum absolute atomic E-state index is 0.127. The molecule has 6 heteroatoms. The lowest BCUT2D eigenvalue weighted by Crippen LogP contribution is -2.19. The first-order valence-corrected chi connectivity index (χ1v) is 6.12. The number of hydrogen-bond acceptors (Lipinski definition) is 2. The number of carbonyl (C=O) groups excluding carboxylic acids is 1. The maximum atomic E-state index is 13.2. The number of amides is 2. The van der Waals surface area contributed by atoms with Crippen LogP contribution in [0.3, 0.4) is 0 Å². The number of anilines is 2. The summed E-state index contributed by atoms with van der Waals surface area (Å²) in [6, 6.07) is 9.36. The average Bonchev–Trinajstić information content (AvgIpc) is 2.37. The summed E-state index contributed by atoms with van der Waals surface area (Å²) in [6.07, 6.45) is 0. The maximum absolute atomic E-state index is 13.2. The molecule has 0 unspecified atom stereocenters. The van der Waals surface area contributed by atoms with Crippen molar-refractivity contribution in [2.24, 2.45) is 0 Å². The van der Waals surface area contributed by atoms with Crippen LogP contribution < -0.4 is 10.6 Å². The molecule has 0 aromatic heterocycles. The molecule has 0 saturated heterocycles. The summed E-state index contributed by atoms with van der Waals surface area (Å²) in [6.45, 7) is 1.72. The Morgan fingerprint density at radius 3 is 2.19 bits per heavy atom. The van der Waals surface area contributed by atoms with E-state index in [1.54, 1.807) is 13.0 Å². The Balaban J connectivity index is 2.02. The molecule has 0 spiro atoms. The standard InChI is InChI=1S/C15H13FN2O3/c1-9-6-11(16)8-13(7-9)18-15(21)17-12-4-2-10(3-5-12)14(19)20/h2-8H,1H3,(H,19,20)(H2,17,18,21). The summed E-state index contributed by atoms with van der Waals surface area (Å²) in [5.74, 6) is -1.47. The van der Waals surface area contributed by atoms with Crippen molar-refractivity contribution in [3.8, 4) is 0 Å². The van der Waals surface area contributed by atoms with E-state index in [1.807, 2.05) is 0 Å². The third-order valence-corrected chi connectivity index (χ3v) is 2.69. The first-order valence-electron chi connectivity index (χ1n) is 6.12. The molecule has 0 aliphatic heterocycles. The van der Waals surface area contributed by atoms with Gasteiger partial charge in [0.1, 0.15) is 5.82 Å². The molecule has 0 fully saturated rings. The maximum Gasteiger partial charge on any atom is 0.335 e. The van der Waals surface area contributed by atoms with E-state index in [0.29, 0.717) is 16.9 Å². The first kappa shape index (κ1) is 14.5. The molecule has 21 heavy (non-hydrogen) atoms. The largest absolute Gasteiger partial charge is 0.478 e. The average molecular weight is 288 g/mol. The van der Waals surface area contributed by atoms with Crippen LogP contribution in [0.25, 0.3) is 0 Å². The van der Waals surface area contributed by atoms with Crippen molar-refractivity contribution < 1.29 is 19.1 Å². The molecule has 0 aliphatic carbocycles. The van der Waals surface area contributed by atoms with Crippen LogP contribution in [0.1, 0.15) is 15.9 Å². The second-order valence-corrected chi connectivity index (χ2v) is 4.48. The first-order chi connectivity index (χ1) is 9.94. The summed E-state index contributed by atoms with van der Waals surface area (Å²) >= 11 is 0. The molecule has 108 valence electrons. The topological polar surface area (TPSA) is 78.4 Å². The van der Waals surface area contributed by atoms with Gasteiger partial charge in [0.2, 0.25) is 0 Å². The lowest BCUT2D eigenvalue weighted by atomic mass is 10.2. The zero-order valence-corrected chi connectivity index (χ0v) is 11.2. The van der Waals surface area contributed by atoms with Crippen molar-refractivity contribution in [3.63, 3.8) is 0 Å². The SMILES string of the molecule is Cc1cc(F)cc(NC(=O)Nc2ccc(C(=O)O)cc2)c1. The van der Waals surface area contributed by atoms with Gasteiger partial charge in [-0.05, 0) is 55.0 Å². The normalized spacial score (nSPS) is 10.0. The smallest absolute Gasteiger partial charge is 0.335 e. The summed E-state index contributed by atoms with van der Waals surface area (Å²) < 4.78 is 13.2. The predicted molar refractivity (Wildman–Crippen MR) is 77.2 cm³/mol. The second kappa shape index (κ2) is 6.04. The van der Waals surface area contributed by atoms with E-state index in [-0.39, 0.29) is 5.56 Å². The third kappa shape index (κ3) is 4.04. The fraction of sp³-hybridized carbons (Fsp3) is 0.0667. The van der Waals surface area contributed by atoms with Gasteiger partial charge >= 0.3 is 12.0 Å². The Hall–Kier alpha value is -2.89. The van der Waals surface area contributed by atoms with Gasteiger partial charge in [0.15, 0.2) is 0 Å². The van der Waals surface area contributed by atoms with Crippen LogP contribution in [0.4, 0.5) is 20.6 Å². The number of aryl methyl sites for hydroxylation is 1. The van der Waals surface area contributed by atoms with Crippen molar-refractivity contribution in [2.75, 3.05) is 10.6 Å². The van der Waals surface area contributed by atoms with Gasteiger partial charge < -0.3 is 15.7 Å². The van der Waals surface area contributed by atoms with E-state index in [9.17, 15) is 14.0 Å². The number of aromatic carboxylic acids is 1. The number of benzene rings is 2. The van der Waals surface area contributed by atoms with Gasteiger partial charge in [-0.3, -0.25) is 0 Å². The highest BCUT2D eigenvalue weighted by molar-refractivity contribution is 6.00. The number of carboxylic acids is 1. The number of halogens is 1. The van der Waals surface area contributed by atoms with E-state index in [1.165, 1.54) is 36.4 Å². The molecule has 3 N–H and O–H groups in total. The highest BCUT2D eigenvalue weighted by Gasteiger charge is 2.06. The molecule has 2 amide bonds. The van der Waals surface area contributed by atoms with Crippen LogP contribution in [0, 0.1) is 12.7 Å². The molecule has 0 aliphatic rings. The van der Waals surface area contributed by atoms with E-state index < -0.39 is 17.8 Å². The Labute approximate surface area is 120 Å². The zero-order chi connectivity index (χ0) is 15.4. The summed E-state index contributed by atoms with van der Waals surface area (Å²) in [5, 5.41) is 13.8. The van der Waals surface area contributed by atoms with E-state index in [0.717, 1.165) is 0 Å². The van der Waals surface area contributed by atoms with Crippen LogP contribution >= 0.6 is 0 Å². The van der Waals surface area contributed by atoms with Crippen LogP contribution in [0.5, 0.6) is 0 Å². The van der Waals surface area contributed by atoms with Gasteiger partial charge in [-0.15, -0.1) is 0 Å². The molecule has 5 nitrogen and oxygen atoms in total. The molecule has 0 saturated carbocycles. The molecule has 2 aromatic carbocycles. The number of rotatable bonds is 3. The van der Waals surface area contributed by atoms with Gasteiger partial charge in [0, 0.05) is 11.4 Å². The van der Waals surface area contributed by atoms with Crippen LogP contribution in [0.2, 0.25) is 0 Å². The molecular weight excluding hydrogens is 275 g/mol. The highest BCUT2D eigenvalue weighted by atomic mass is 19.1. The number of carbonyl (C=O) groups is 2. The Kier molecular flexibility index (Phi) is 4.18. The zero-order valence-electron chi connectivity index (χ0n) is 11.2. The molecule has 0 atom stereocenters. The summed E-state index contributed by atoms with van der Waals surface area (Å²) in [5.41, 5.74) is 1.59. The molecule has 0 bridgehead atoms. The van der Waals surface area contributed by atoms with E-state index in [4.69, 9.17) is 5.11 Å². The number of hydrogen-bond donors (Lipinski definition) is 3. The molecule has 0 heterocycles. The van der Waals surface area contributed by atoms with Crippen molar-refractivity contribution >= 4 is 23.4 Å². The molecule has 2 aromatic rings. The minimum Gasteiger partial charge on any atom is -0.478 e. The van der Waals surface area contributed by atoms with Crippen molar-refractivity contribution in [1.82, 2.24) is 0 Å². The van der Waals surface area contributed by atoms with Crippen molar-refractivity contribution in [3.05, 3.63) is 59.4 Å². The Morgan fingerprint density at radius 2 is 1.62 bits per heavy atom. The Bertz CT molecular complexity index is 664. The van der Waals surface area contributed by atoms with E-state index in [2.05, 4.69) is 10.6 Å². The lowest BCUT2D eigenvalue weighted by molar-refractivity contribution is 0.0697. The quantitative estimate of drug-likeness (QED) is 0.809. The predicted octanol–water partition coefficient (Wildman–Crippen LogP) is 3.48. The number of carboxylic acid groups (broad SMARTS) is 1. The van der Waals surface area contributed by atoms with Crippen LogP contribution in [-0.4, -0.2) is 17.1 Å². The van der Waals surface area contributed by atoms with Gasteiger partial charge in [0.25, 0.3) is 0 Å². The fourth-order valence-electron chi connectivity index (χ4n) is 1.80. The van der Waals surface area contributed by atoms with Crippen molar-refractivity contribution in [2.45, 2.75) is 6.92 Å². The van der Waals surface area contributed by atoms with Crippen LogP contribution in [-0.2, 0) is 0 Å². The number of urea groups is 1. The van der Waals surface area contributed by atoms with Gasteiger partial charge in [-0.25, -0.2) is 14.0 Å². The van der Waals surface area contributed by atoms with Crippen LogP contribution in [0.15, 0.2) is 42.5 Å². The highest BCUT2D eigenvalue weighted by Crippen LogP contribution is 2.14. The Morgan fingerprint density at radius 1 is 1.00 bits per heavy atom. The summed E-state index contributed by atoms with van der Waals surface area (Å²) in [7, 11) is 0. The second-order valence-electron chi connectivity index (χ2n) is 4.48. The third-order valence-electron chi connectivity index (χ3n) is 2.69. The van der Waals surface area contributed by atoms with E-state index >= 15 is 0 Å². The summed E-state index contributed by atoms with van der Waals surface area (Å²) in [4.78, 5) is 22.5. The fourth-order valence-corrected chi connectivity index (χ4v) is 1.80. The molecule has 2 rings (SSSR count). The van der Waals surface area contributed by atoms with Gasteiger partial charge in [-0.1, -0.05) is 0 Å². The molecular formula is C15H13FN2O3. The minimum atomic E-state index is -1.04. The number of nitrogens with one attached hydrogen (secondary N) is 2. The molecule has 0 radical (unpaired) electrons. The lowest BCUT2D eigenvalue weighted by Gasteiger charge is -2.08.